The highest BCUT2D eigenvalue weighted by molar-refractivity contribution is 7.11. The van der Waals surface area contributed by atoms with Crippen molar-refractivity contribution in [3.8, 4) is 17.3 Å². The molecule has 1 N–H and O–H groups in total. The third-order valence-corrected chi connectivity index (χ3v) is 4.76. The van der Waals surface area contributed by atoms with Crippen molar-refractivity contribution < 1.29 is 9.72 Å². The molecule has 0 aliphatic carbocycles. The average Bonchev–Trinajstić information content (AvgIpc) is 3.19. The van der Waals surface area contributed by atoms with Gasteiger partial charge in [-0.05, 0) is 31.2 Å². The van der Waals surface area contributed by atoms with Gasteiger partial charge in [0.25, 0.3) is 5.69 Å². The number of benzene rings is 2. The van der Waals surface area contributed by atoms with Crippen LogP contribution in [0.1, 0.15) is 22.3 Å². The van der Waals surface area contributed by atoms with Crippen LogP contribution >= 0.6 is 11.3 Å². The first kappa shape index (κ1) is 18.9. The predicted molar refractivity (Wildman–Crippen MR) is 108 cm³/mol. The molecule has 1 heterocycles. The summed E-state index contributed by atoms with van der Waals surface area (Å²) in [6, 6.07) is 15.2. The Morgan fingerprint density at radius 3 is 2.68 bits per heavy atom. The van der Waals surface area contributed by atoms with Gasteiger partial charge in [-0.3, -0.25) is 14.9 Å². The molecule has 0 saturated heterocycles. The molecule has 0 radical (unpaired) electrons. The lowest BCUT2D eigenvalue weighted by molar-refractivity contribution is -0.384. The van der Waals surface area contributed by atoms with Gasteiger partial charge >= 0.3 is 0 Å². The molecule has 3 aromatic rings. The van der Waals surface area contributed by atoms with Crippen LogP contribution in [0.25, 0.3) is 16.8 Å². The van der Waals surface area contributed by atoms with Crippen molar-refractivity contribution in [3.05, 3.63) is 80.8 Å². The van der Waals surface area contributed by atoms with Crippen LogP contribution in [0.5, 0.6) is 0 Å². The van der Waals surface area contributed by atoms with Gasteiger partial charge in [-0.25, -0.2) is 4.98 Å². The van der Waals surface area contributed by atoms with Crippen LogP contribution < -0.4 is 5.32 Å². The van der Waals surface area contributed by atoms with E-state index >= 15 is 0 Å². The van der Waals surface area contributed by atoms with Crippen molar-refractivity contribution in [2.24, 2.45) is 0 Å². The van der Waals surface area contributed by atoms with Gasteiger partial charge in [0.2, 0.25) is 0 Å². The average molecular weight is 390 g/mol. The van der Waals surface area contributed by atoms with Crippen LogP contribution in [-0.2, 0) is 0 Å². The number of hydrogen-bond acceptors (Lipinski definition) is 7. The number of hydrogen-bond donors (Lipinski definition) is 1. The number of nitro groups is 1. The Bertz CT molecular complexity index is 1110. The summed E-state index contributed by atoms with van der Waals surface area (Å²) in [7, 11) is 0. The number of thiazole rings is 1. The van der Waals surface area contributed by atoms with Gasteiger partial charge < -0.3 is 5.32 Å². The zero-order valence-electron chi connectivity index (χ0n) is 14.7. The maximum Gasteiger partial charge on any atom is 0.270 e. The smallest absolute Gasteiger partial charge is 0.270 e. The topological polar surface area (TPSA) is 109 Å². The Kier molecular flexibility index (Phi) is 5.58. The number of nitrogens with one attached hydrogen (secondary N) is 1. The first-order valence-corrected chi connectivity index (χ1v) is 9.04. The number of nitro benzene ring substituents is 1. The fraction of sp³-hybridized carbons (Fsp3) is 0.0500. The van der Waals surface area contributed by atoms with Crippen LogP contribution in [0.3, 0.4) is 0 Å². The molecule has 28 heavy (non-hydrogen) atoms. The van der Waals surface area contributed by atoms with Crippen molar-refractivity contribution >= 4 is 34.1 Å². The summed E-state index contributed by atoms with van der Waals surface area (Å²) in [5.41, 5.74) is 2.83. The lowest BCUT2D eigenvalue weighted by Crippen LogP contribution is -1.94. The molecular formula is C20H14N4O3S. The maximum absolute atomic E-state index is 11.3. The van der Waals surface area contributed by atoms with Gasteiger partial charge in [0, 0.05) is 40.5 Å². The quantitative estimate of drug-likeness (QED) is 0.277. The summed E-state index contributed by atoms with van der Waals surface area (Å²) in [5.74, 6) is -0.0173. The molecule has 138 valence electrons. The predicted octanol–water partition coefficient (Wildman–Crippen LogP) is 4.90. The SMILES string of the molecule is CC(=O)c1ccc(N/C=C(\C#N)c2nc(-c3cccc([N+](=O)[O-])c3)cs2)cc1. The standard InChI is InChI=1S/C20H14N4O3S/c1-13(25)14-5-7-17(8-6-14)22-11-16(10-21)20-23-19(12-28-20)15-3-2-4-18(9-15)24(26)27/h2-9,11-12,22H,1H3/b16-11+. The second-order valence-electron chi connectivity index (χ2n) is 5.79. The summed E-state index contributed by atoms with van der Waals surface area (Å²) in [4.78, 5) is 26.2. The summed E-state index contributed by atoms with van der Waals surface area (Å²) < 4.78 is 0. The van der Waals surface area contributed by atoms with E-state index in [1.807, 2.05) is 0 Å². The van der Waals surface area contributed by atoms with Crippen molar-refractivity contribution in [2.45, 2.75) is 6.92 Å². The number of non-ortho nitro benzene ring substituents is 1. The van der Waals surface area contributed by atoms with Crippen LogP contribution in [0.4, 0.5) is 11.4 Å². The van der Waals surface area contributed by atoms with Crippen LogP contribution in [0, 0.1) is 21.4 Å². The molecule has 0 aliphatic rings. The van der Waals surface area contributed by atoms with E-state index in [0.29, 0.717) is 27.4 Å². The number of allylic oxidation sites excluding steroid dienone is 1. The lowest BCUT2D eigenvalue weighted by Gasteiger charge is -2.02. The molecule has 0 amide bonds. The molecule has 0 spiro atoms. The van der Waals surface area contributed by atoms with Crippen molar-refractivity contribution in [2.75, 3.05) is 5.32 Å². The van der Waals surface area contributed by atoms with E-state index in [2.05, 4.69) is 16.4 Å². The Morgan fingerprint density at radius 2 is 2.04 bits per heavy atom. The van der Waals surface area contributed by atoms with E-state index in [9.17, 15) is 20.2 Å². The second kappa shape index (κ2) is 8.24. The third-order valence-electron chi connectivity index (χ3n) is 3.88. The van der Waals surface area contributed by atoms with E-state index in [1.54, 1.807) is 48.0 Å². The highest BCUT2D eigenvalue weighted by Crippen LogP contribution is 2.28. The number of rotatable bonds is 6. The van der Waals surface area contributed by atoms with Crippen molar-refractivity contribution in [1.29, 1.82) is 5.26 Å². The molecule has 2 aromatic carbocycles. The second-order valence-corrected chi connectivity index (χ2v) is 6.65. The number of carbonyl (C=O) groups is 1. The Hall–Kier alpha value is -3.83. The zero-order valence-corrected chi connectivity index (χ0v) is 15.6. The van der Waals surface area contributed by atoms with Crippen molar-refractivity contribution in [1.82, 2.24) is 4.98 Å². The fourth-order valence-electron chi connectivity index (χ4n) is 2.41. The monoisotopic (exact) mass is 390 g/mol. The van der Waals surface area contributed by atoms with E-state index < -0.39 is 4.92 Å². The van der Waals surface area contributed by atoms with E-state index in [1.165, 1.54) is 30.4 Å². The molecule has 7 nitrogen and oxygen atoms in total. The highest BCUT2D eigenvalue weighted by Gasteiger charge is 2.12. The molecular weight excluding hydrogens is 376 g/mol. The minimum atomic E-state index is -0.460. The normalized spacial score (nSPS) is 10.9. The van der Waals surface area contributed by atoms with Gasteiger partial charge in [0.1, 0.15) is 16.6 Å². The summed E-state index contributed by atoms with van der Waals surface area (Å²) in [6.45, 7) is 1.50. The summed E-state index contributed by atoms with van der Waals surface area (Å²) >= 11 is 1.28. The molecule has 3 rings (SSSR count). The number of nitriles is 1. The number of anilines is 1. The summed E-state index contributed by atoms with van der Waals surface area (Å²) in [5, 5.41) is 25.6. The Balaban J connectivity index is 1.81. The van der Waals surface area contributed by atoms with Gasteiger partial charge in [0.15, 0.2) is 5.78 Å². The number of ketones is 1. The summed E-state index contributed by atoms with van der Waals surface area (Å²) in [6.07, 6.45) is 1.54. The largest absolute Gasteiger partial charge is 0.360 e. The number of carbonyl (C=O) groups excluding carboxylic acids is 1. The molecule has 0 aliphatic heterocycles. The molecule has 8 heteroatoms. The molecule has 1 aromatic heterocycles. The molecule has 0 atom stereocenters. The molecule has 0 saturated carbocycles. The van der Waals surface area contributed by atoms with Gasteiger partial charge in [-0.1, -0.05) is 12.1 Å². The molecule has 0 unspecified atom stereocenters. The van der Waals surface area contributed by atoms with Gasteiger partial charge in [-0.2, -0.15) is 5.26 Å². The zero-order chi connectivity index (χ0) is 20.1. The van der Waals surface area contributed by atoms with Crippen LogP contribution in [-0.4, -0.2) is 15.7 Å². The maximum atomic E-state index is 11.3. The number of Topliss-reactive ketones (excluding diaryl/α,β-unsaturated/α-hetero) is 1. The first-order valence-electron chi connectivity index (χ1n) is 8.16. The first-order chi connectivity index (χ1) is 13.5. The van der Waals surface area contributed by atoms with E-state index in [4.69, 9.17) is 0 Å². The van der Waals surface area contributed by atoms with Crippen molar-refractivity contribution in [3.63, 3.8) is 0 Å². The van der Waals surface area contributed by atoms with E-state index in [-0.39, 0.29) is 11.5 Å². The van der Waals surface area contributed by atoms with Crippen LogP contribution in [0.2, 0.25) is 0 Å². The van der Waals surface area contributed by atoms with E-state index in [0.717, 1.165) is 5.69 Å². The third kappa shape index (κ3) is 4.28. The fourth-order valence-corrected chi connectivity index (χ4v) is 3.20. The Morgan fingerprint density at radius 1 is 1.29 bits per heavy atom. The Labute approximate surface area is 164 Å². The molecule has 0 fully saturated rings. The number of nitrogens with zero attached hydrogens (tertiary/aromatic N) is 3. The minimum Gasteiger partial charge on any atom is -0.360 e. The minimum absolute atomic E-state index is 0.0150. The van der Waals surface area contributed by atoms with Gasteiger partial charge in [-0.15, -0.1) is 11.3 Å². The van der Waals surface area contributed by atoms with Crippen LogP contribution in [0.15, 0.2) is 60.1 Å². The molecule has 0 bridgehead atoms. The van der Waals surface area contributed by atoms with Gasteiger partial charge in [0.05, 0.1) is 10.6 Å². The highest BCUT2D eigenvalue weighted by atomic mass is 32.1. The number of aromatic nitrogens is 1. The lowest BCUT2D eigenvalue weighted by atomic mass is 10.1.